The van der Waals surface area contributed by atoms with E-state index in [-0.39, 0.29) is 23.6 Å². The van der Waals surface area contributed by atoms with Gasteiger partial charge in [0.05, 0.1) is 12.1 Å². The van der Waals surface area contributed by atoms with E-state index in [9.17, 15) is 44.8 Å². The van der Waals surface area contributed by atoms with E-state index < -0.39 is 50.5 Å². The molecule has 0 saturated heterocycles. The first-order valence-corrected chi connectivity index (χ1v) is 11.7. The smallest absolute Gasteiger partial charge is 0.369 e. The molecule has 0 radical (unpaired) electrons. The standard InChI is InChI=1S/C21H19F7N2O3S/c1-34(33,11-12-2-3-12)18-7-4-13(10-29-18)8-17(31)30-16-6-5-14(9-15(16)22)19(32,20(23,24)25)21(26,27)28/h4-7,9-10,12,32H,1-3,8,11H2,(H,30,31). The molecule has 0 aliphatic heterocycles. The molecule has 186 valence electrons. The number of nitrogens with zero attached hydrogens (tertiary/aromatic N) is 1. The number of carbonyl (C=O) groups is 1. The van der Waals surface area contributed by atoms with Crippen LogP contribution in [0.15, 0.2) is 41.6 Å². The Morgan fingerprint density at radius 3 is 2.21 bits per heavy atom. The third-order valence-electron chi connectivity index (χ3n) is 5.23. The number of aliphatic hydroxyl groups is 1. The van der Waals surface area contributed by atoms with Gasteiger partial charge in [-0.25, -0.2) is 9.37 Å². The molecule has 1 fully saturated rings. The van der Waals surface area contributed by atoms with Gasteiger partial charge in [0, 0.05) is 27.0 Å². The number of pyridine rings is 1. The van der Waals surface area contributed by atoms with E-state index in [1.165, 1.54) is 18.3 Å². The minimum absolute atomic E-state index is 0.141. The molecular formula is C21H19F7N2O3S. The summed E-state index contributed by atoms with van der Waals surface area (Å²) in [7, 11) is -2.58. The number of carbonyl (C=O) groups excluding carboxylic acids is 1. The van der Waals surface area contributed by atoms with Crippen LogP contribution >= 0.6 is 0 Å². The van der Waals surface area contributed by atoms with Crippen molar-refractivity contribution in [3.05, 3.63) is 53.5 Å². The Balaban J connectivity index is 1.72. The highest BCUT2D eigenvalue weighted by Crippen LogP contribution is 2.50. The van der Waals surface area contributed by atoms with Crippen molar-refractivity contribution in [2.75, 3.05) is 11.1 Å². The van der Waals surface area contributed by atoms with Gasteiger partial charge in [0.1, 0.15) is 10.8 Å². The molecule has 5 nitrogen and oxygen atoms in total. The maximum atomic E-state index is 14.2. The Labute approximate surface area is 190 Å². The van der Waals surface area contributed by atoms with Crippen molar-refractivity contribution in [3.8, 4) is 0 Å². The largest absolute Gasteiger partial charge is 0.430 e. The fraction of sp³-hybridized carbons (Fsp3) is 0.381. The Morgan fingerprint density at radius 1 is 1.12 bits per heavy atom. The second-order valence-electron chi connectivity index (χ2n) is 8.05. The molecule has 13 heteroatoms. The first-order chi connectivity index (χ1) is 15.5. The number of hydrogen-bond acceptors (Lipinski definition) is 4. The highest BCUT2D eigenvalue weighted by Gasteiger charge is 2.71. The number of benzene rings is 1. The van der Waals surface area contributed by atoms with Crippen molar-refractivity contribution in [1.29, 1.82) is 0 Å². The van der Waals surface area contributed by atoms with Crippen LogP contribution in [0.3, 0.4) is 0 Å². The highest BCUT2D eigenvalue weighted by molar-refractivity contribution is 8.00. The molecular weight excluding hydrogens is 493 g/mol. The SMILES string of the molecule is C=S(=O)(CC1CC1)c1ccc(CC(=O)Nc2ccc(C(O)(C(F)(F)F)C(F)(F)F)cc2F)cn1. The number of halogens is 7. The predicted molar refractivity (Wildman–Crippen MR) is 110 cm³/mol. The molecule has 1 aliphatic carbocycles. The molecule has 1 aromatic heterocycles. The van der Waals surface area contributed by atoms with Gasteiger partial charge in [-0.3, -0.25) is 9.00 Å². The summed E-state index contributed by atoms with van der Waals surface area (Å²) in [5.41, 5.74) is -7.42. The van der Waals surface area contributed by atoms with Crippen molar-refractivity contribution in [1.82, 2.24) is 4.98 Å². The van der Waals surface area contributed by atoms with Gasteiger partial charge in [-0.1, -0.05) is 12.1 Å². The van der Waals surface area contributed by atoms with E-state index in [0.717, 1.165) is 12.8 Å². The number of nitrogens with one attached hydrogen (secondary N) is 1. The van der Waals surface area contributed by atoms with E-state index in [0.29, 0.717) is 23.3 Å². The molecule has 1 aliphatic rings. The zero-order valence-electron chi connectivity index (χ0n) is 17.3. The van der Waals surface area contributed by atoms with E-state index in [2.05, 4.69) is 10.9 Å². The molecule has 3 rings (SSSR count). The summed E-state index contributed by atoms with van der Waals surface area (Å²) in [5.74, 6) is 2.03. The summed E-state index contributed by atoms with van der Waals surface area (Å²) in [6.07, 6.45) is -9.46. The predicted octanol–water partition coefficient (Wildman–Crippen LogP) is 4.20. The normalized spacial score (nSPS) is 16.7. The summed E-state index contributed by atoms with van der Waals surface area (Å²) >= 11 is 0. The third-order valence-corrected chi connectivity index (χ3v) is 7.24. The molecule has 1 amide bonds. The van der Waals surface area contributed by atoms with E-state index >= 15 is 0 Å². The average molecular weight is 512 g/mol. The van der Waals surface area contributed by atoms with Crippen molar-refractivity contribution in [2.45, 2.75) is 42.2 Å². The van der Waals surface area contributed by atoms with Gasteiger partial charge in [0.25, 0.3) is 5.60 Å². The van der Waals surface area contributed by atoms with Crippen LogP contribution in [-0.2, 0) is 26.3 Å². The Kier molecular flexibility index (Phi) is 6.74. The number of anilines is 1. The molecule has 1 heterocycles. The Hall–Kier alpha value is -2.67. The first-order valence-electron chi connectivity index (χ1n) is 9.80. The lowest BCUT2D eigenvalue weighted by Crippen LogP contribution is -2.54. The summed E-state index contributed by atoms with van der Waals surface area (Å²) in [6.45, 7) is 0. The summed E-state index contributed by atoms with van der Waals surface area (Å²) in [4.78, 5) is 16.2. The number of alkyl halides is 6. The lowest BCUT2D eigenvalue weighted by molar-refractivity contribution is -0.376. The van der Waals surface area contributed by atoms with Crippen molar-refractivity contribution >= 4 is 27.0 Å². The first kappa shape index (κ1) is 25.9. The zero-order valence-corrected chi connectivity index (χ0v) is 18.2. The van der Waals surface area contributed by atoms with E-state index in [1.54, 1.807) is 0 Å². The lowest BCUT2D eigenvalue weighted by atomic mass is 9.92. The number of aromatic nitrogens is 1. The monoisotopic (exact) mass is 512 g/mol. The fourth-order valence-electron chi connectivity index (χ4n) is 3.20. The van der Waals surface area contributed by atoms with Crippen LogP contribution in [0.25, 0.3) is 0 Å². The molecule has 1 unspecified atom stereocenters. The minimum atomic E-state index is -6.17. The maximum Gasteiger partial charge on any atom is 0.430 e. The quantitative estimate of drug-likeness (QED) is 0.431. The second kappa shape index (κ2) is 8.84. The molecule has 1 atom stereocenters. The average Bonchev–Trinajstić information content (AvgIpc) is 3.51. The van der Waals surface area contributed by atoms with Crippen LogP contribution in [0.1, 0.15) is 24.0 Å². The number of rotatable bonds is 7. The van der Waals surface area contributed by atoms with Gasteiger partial charge in [-0.05, 0) is 48.4 Å². The van der Waals surface area contributed by atoms with Crippen molar-refractivity contribution in [2.24, 2.45) is 5.92 Å². The minimum Gasteiger partial charge on any atom is -0.369 e. The van der Waals surface area contributed by atoms with E-state index in [1.807, 2.05) is 5.32 Å². The van der Waals surface area contributed by atoms with Crippen LogP contribution < -0.4 is 5.32 Å². The van der Waals surface area contributed by atoms with Gasteiger partial charge in [0.15, 0.2) is 0 Å². The Bertz CT molecular complexity index is 1160. The molecule has 1 aromatic carbocycles. The van der Waals surface area contributed by atoms with E-state index in [4.69, 9.17) is 0 Å². The van der Waals surface area contributed by atoms with Gasteiger partial charge in [0.2, 0.25) is 5.91 Å². The fourth-order valence-corrected chi connectivity index (χ4v) is 5.02. The zero-order chi connectivity index (χ0) is 25.5. The lowest BCUT2D eigenvalue weighted by Gasteiger charge is -2.32. The summed E-state index contributed by atoms with van der Waals surface area (Å²) < 4.78 is 105. The van der Waals surface area contributed by atoms with Crippen LogP contribution in [-0.4, -0.2) is 44.2 Å². The van der Waals surface area contributed by atoms with Crippen molar-refractivity contribution < 1.29 is 44.8 Å². The van der Waals surface area contributed by atoms with Crippen LogP contribution in [0, 0.1) is 11.7 Å². The van der Waals surface area contributed by atoms with Gasteiger partial charge < -0.3 is 10.4 Å². The summed E-state index contributed by atoms with van der Waals surface area (Å²) in [6, 6.07) is 3.48. The van der Waals surface area contributed by atoms with Crippen molar-refractivity contribution in [3.63, 3.8) is 0 Å². The van der Waals surface area contributed by atoms with Crippen LogP contribution in [0.4, 0.5) is 36.4 Å². The topological polar surface area (TPSA) is 79.3 Å². The summed E-state index contributed by atoms with van der Waals surface area (Å²) in [5, 5.41) is 11.7. The number of hydrogen-bond donors (Lipinski definition) is 2. The van der Waals surface area contributed by atoms with Crippen LogP contribution in [0.5, 0.6) is 0 Å². The molecule has 2 aromatic rings. The third kappa shape index (κ3) is 5.35. The molecule has 1 saturated carbocycles. The molecule has 34 heavy (non-hydrogen) atoms. The highest BCUT2D eigenvalue weighted by atomic mass is 32.2. The van der Waals surface area contributed by atoms with Gasteiger partial charge in [-0.2, -0.15) is 26.3 Å². The van der Waals surface area contributed by atoms with Gasteiger partial charge in [-0.15, -0.1) is 0 Å². The second-order valence-corrected chi connectivity index (χ2v) is 10.4. The Morgan fingerprint density at radius 2 is 1.74 bits per heavy atom. The molecule has 0 spiro atoms. The number of amides is 1. The maximum absolute atomic E-state index is 14.2. The molecule has 2 N–H and O–H groups in total. The van der Waals surface area contributed by atoms with Crippen LogP contribution in [0.2, 0.25) is 0 Å². The molecule has 0 bridgehead atoms. The van der Waals surface area contributed by atoms with Gasteiger partial charge >= 0.3 is 12.4 Å².